The molecule has 76 valence electrons. The van der Waals surface area contributed by atoms with Crippen molar-refractivity contribution >= 4 is 11.7 Å². The highest BCUT2D eigenvalue weighted by molar-refractivity contribution is 5.90. The van der Waals surface area contributed by atoms with Gasteiger partial charge in [0.1, 0.15) is 5.78 Å². The lowest BCUT2D eigenvalue weighted by Crippen LogP contribution is -2.33. The molecule has 2 aliphatic rings. The third-order valence-electron chi connectivity index (χ3n) is 3.43. The maximum absolute atomic E-state index is 11.8. The van der Waals surface area contributed by atoms with Crippen molar-refractivity contribution in [3.05, 3.63) is 11.8 Å². The summed E-state index contributed by atoms with van der Waals surface area (Å²) >= 11 is 0. The molecule has 0 bridgehead atoms. The molecule has 1 N–H and O–H groups in total. The molecule has 1 amide bonds. The molecule has 0 radical (unpaired) electrons. The Hall–Kier alpha value is -1.12. The van der Waals surface area contributed by atoms with Crippen molar-refractivity contribution in [2.75, 3.05) is 0 Å². The standard InChI is InChI=1S/C11H15NO2/c1-11-6-5-10(14)12-7-8(11)3-2-4-9(11)13/h7H,2-6H2,1H3,(H,12,14)/t11-/m0/s1. The first-order valence-electron chi connectivity index (χ1n) is 5.15. The zero-order valence-electron chi connectivity index (χ0n) is 8.43. The van der Waals surface area contributed by atoms with Crippen molar-refractivity contribution in [3.8, 4) is 0 Å². The summed E-state index contributed by atoms with van der Waals surface area (Å²) in [5.41, 5.74) is 0.747. The van der Waals surface area contributed by atoms with Crippen LogP contribution >= 0.6 is 0 Å². The molecule has 14 heavy (non-hydrogen) atoms. The van der Waals surface area contributed by atoms with Crippen LogP contribution in [0.3, 0.4) is 0 Å². The molecule has 0 aromatic rings. The maximum atomic E-state index is 11.8. The van der Waals surface area contributed by atoms with Crippen LogP contribution in [0, 0.1) is 5.41 Å². The van der Waals surface area contributed by atoms with Crippen LogP contribution in [0.1, 0.15) is 39.0 Å². The molecular weight excluding hydrogens is 178 g/mol. The van der Waals surface area contributed by atoms with E-state index in [4.69, 9.17) is 0 Å². The predicted molar refractivity (Wildman–Crippen MR) is 52.4 cm³/mol. The van der Waals surface area contributed by atoms with E-state index in [9.17, 15) is 9.59 Å². The van der Waals surface area contributed by atoms with Crippen molar-refractivity contribution in [2.45, 2.75) is 39.0 Å². The van der Waals surface area contributed by atoms with E-state index < -0.39 is 0 Å². The molecule has 1 heterocycles. The Balaban J connectivity index is 2.34. The Morgan fingerprint density at radius 2 is 2.07 bits per heavy atom. The Bertz CT molecular complexity index is 319. The average molecular weight is 193 g/mol. The largest absolute Gasteiger partial charge is 0.333 e. The lowest BCUT2D eigenvalue weighted by Gasteiger charge is -2.33. The highest BCUT2D eigenvalue weighted by Gasteiger charge is 2.40. The monoisotopic (exact) mass is 193 g/mol. The molecule has 2 rings (SSSR count). The van der Waals surface area contributed by atoms with Gasteiger partial charge in [-0.15, -0.1) is 0 Å². The van der Waals surface area contributed by atoms with Crippen LogP contribution in [0.15, 0.2) is 11.8 Å². The molecule has 1 atom stereocenters. The molecule has 0 aromatic heterocycles. The van der Waals surface area contributed by atoms with Gasteiger partial charge in [-0.2, -0.15) is 0 Å². The summed E-state index contributed by atoms with van der Waals surface area (Å²) in [5, 5.41) is 2.74. The molecular formula is C11H15NO2. The summed E-state index contributed by atoms with van der Waals surface area (Å²) in [6, 6.07) is 0. The minimum atomic E-state index is -0.364. The number of carbonyl (C=O) groups is 2. The van der Waals surface area contributed by atoms with Crippen LogP contribution in [0.4, 0.5) is 0 Å². The van der Waals surface area contributed by atoms with Crippen molar-refractivity contribution < 1.29 is 9.59 Å². The number of nitrogens with one attached hydrogen (secondary N) is 1. The van der Waals surface area contributed by atoms with Crippen molar-refractivity contribution in [2.24, 2.45) is 5.41 Å². The summed E-state index contributed by atoms with van der Waals surface area (Å²) in [6.07, 6.45) is 5.43. The SMILES string of the molecule is C[C@]12CCC(=O)NC=C1CCCC2=O. The third kappa shape index (κ3) is 1.37. The normalized spacial score (nSPS) is 32.8. The van der Waals surface area contributed by atoms with Crippen LogP contribution < -0.4 is 5.32 Å². The van der Waals surface area contributed by atoms with Gasteiger partial charge < -0.3 is 5.32 Å². The lowest BCUT2D eigenvalue weighted by atomic mass is 9.69. The number of allylic oxidation sites excluding steroid dienone is 1. The molecule has 1 aliphatic carbocycles. The number of hydrogen-bond acceptors (Lipinski definition) is 2. The number of ketones is 1. The minimum Gasteiger partial charge on any atom is -0.333 e. The van der Waals surface area contributed by atoms with E-state index in [1.54, 1.807) is 6.20 Å². The Morgan fingerprint density at radius 3 is 2.86 bits per heavy atom. The summed E-state index contributed by atoms with van der Waals surface area (Å²) in [6.45, 7) is 1.97. The molecule has 0 spiro atoms. The fourth-order valence-corrected chi connectivity index (χ4v) is 2.30. The van der Waals surface area contributed by atoms with Gasteiger partial charge in [0, 0.05) is 24.5 Å². The van der Waals surface area contributed by atoms with Crippen molar-refractivity contribution in [1.82, 2.24) is 5.32 Å². The van der Waals surface area contributed by atoms with Crippen molar-refractivity contribution in [1.29, 1.82) is 0 Å². The molecule has 0 saturated heterocycles. The minimum absolute atomic E-state index is 0.0286. The van der Waals surface area contributed by atoms with Crippen LogP contribution in [0.2, 0.25) is 0 Å². The summed E-state index contributed by atoms with van der Waals surface area (Å²) in [4.78, 5) is 23.0. The zero-order chi connectivity index (χ0) is 10.2. The predicted octanol–water partition coefficient (Wildman–Crippen LogP) is 1.54. The first kappa shape index (κ1) is 9.44. The van der Waals surface area contributed by atoms with E-state index in [2.05, 4.69) is 5.32 Å². The van der Waals surface area contributed by atoms with Gasteiger partial charge in [-0.25, -0.2) is 0 Å². The summed E-state index contributed by atoms with van der Waals surface area (Å²) in [5.74, 6) is 0.326. The summed E-state index contributed by atoms with van der Waals surface area (Å²) < 4.78 is 0. The molecule has 1 fully saturated rings. The van der Waals surface area contributed by atoms with Crippen LogP contribution in [-0.4, -0.2) is 11.7 Å². The van der Waals surface area contributed by atoms with Gasteiger partial charge >= 0.3 is 0 Å². The molecule has 0 unspecified atom stereocenters. The highest BCUT2D eigenvalue weighted by Crippen LogP contribution is 2.42. The first-order chi connectivity index (χ1) is 6.63. The first-order valence-corrected chi connectivity index (χ1v) is 5.15. The van der Waals surface area contributed by atoms with Gasteiger partial charge in [0.15, 0.2) is 0 Å². The molecule has 1 aliphatic heterocycles. The van der Waals surface area contributed by atoms with Crippen molar-refractivity contribution in [3.63, 3.8) is 0 Å². The molecule has 1 saturated carbocycles. The number of rotatable bonds is 0. The second kappa shape index (κ2) is 3.23. The lowest BCUT2D eigenvalue weighted by molar-refractivity contribution is -0.128. The molecule has 3 nitrogen and oxygen atoms in total. The fourth-order valence-electron chi connectivity index (χ4n) is 2.30. The zero-order valence-corrected chi connectivity index (χ0v) is 8.43. The quantitative estimate of drug-likeness (QED) is 0.634. The smallest absolute Gasteiger partial charge is 0.223 e. The van der Waals surface area contributed by atoms with Crippen LogP contribution in [0.25, 0.3) is 0 Å². The van der Waals surface area contributed by atoms with Gasteiger partial charge in [-0.3, -0.25) is 9.59 Å². The Labute approximate surface area is 83.6 Å². The van der Waals surface area contributed by atoms with E-state index in [-0.39, 0.29) is 11.3 Å². The Morgan fingerprint density at radius 1 is 1.29 bits per heavy atom. The van der Waals surface area contributed by atoms with E-state index in [0.29, 0.717) is 25.0 Å². The average Bonchev–Trinajstić information content (AvgIpc) is 2.30. The summed E-state index contributed by atoms with van der Waals surface area (Å²) in [7, 11) is 0. The fraction of sp³-hybridized carbons (Fsp3) is 0.636. The van der Waals surface area contributed by atoms with E-state index >= 15 is 0 Å². The second-order valence-electron chi connectivity index (χ2n) is 4.35. The Kier molecular flexibility index (Phi) is 2.17. The number of fused-ring (bicyclic) bond motifs is 1. The van der Waals surface area contributed by atoms with Gasteiger partial charge in [0.05, 0.1) is 0 Å². The van der Waals surface area contributed by atoms with Crippen LogP contribution in [-0.2, 0) is 9.59 Å². The van der Waals surface area contributed by atoms with E-state index in [1.807, 2.05) is 6.92 Å². The number of Topliss-reactive ketones (excluding diaryl/α,β-unsaturated/α-hetero) is 1. The van der Waals surface area contributed by atoms with Crippen LogP contribution in [0.5, 0.6) is 0 Å². The molecule has 3 heteroatoms. The number of hydrogen-bond donors (Lipinski definition) is 1. The third-order valence-corrected chi connectivity index (χ3v) is 3.43. The highest BCUT2D eigenvalue weighted by atomic mass is 16.1. The van der Waals surface area contributed by atoms with E-state index in [1.165, 1.54) is 0 Å². The van der Waals surface area contributed by atoms with Gasteiger partial charge in [-0.05, 0) is 31.8 Å². The number of carbonyl (C=O) groups excluding carboxylic acids is 2. The number of amides is 1. The topological polar surface area (TPSA) is 46.2 Å². The van der Waals surface area contributed by atoms with E-state index in [0.717, 1.165) is 18.4 Å². The second-order valence-corrected chi connectivity index (χ2v) is 4.35. The van der Waals surface area contributed by atoms with Gasteiger partial charge in [-0.1, -0.05) is 0 Å². The van der Waals surface area contributed by atoms with Gasteiger partial charge in [0.25, 0.3) is 0 Å². The maximum Gasteiger partial charge on any atom is 0.223 e. The van der Waals surface area contributed by atoms with Gasteiger partial charge in [0.2, 0.25) is 5.91 Å². The molecule has 0 aromatic carbocycles.